The zero-order chi connectivity index (χ0) is 29.6. The van der Waals surface area contributed by atoms with E-state index >= 15 is 0 Å². The van der Waals surface area contributed by atoms with Gasteiger partial charge in [-0.05, 0) is 61.4 Å². The molecule has 0 spiro atoms. The summed E-state index contributed by atoms with van der Waals surface area (Å²) in [5, 5.41) is 20.4. The number of aliphatic hydroxyl groups is 2. The third-order valence-electron chi connectivity index (χ3n) is 6.48. The monoisotopic (exact) mass is 582 g/mol. The molecule has 0 saturated heterocycles. The van der Waals surface area contributed by atoms with E-state index in [1.807, 2.05) is 45.0 Å². The van der Waals surface area contributed by atoms with E-state index in [4.69, 9.17) is 0 Å². The molecule has 0 amide bonds. The van der Waals surface area contributed by atoms with Gasteiger partial charge in [0.15, 0.2) is 0 Å². The average Bonchev–Trinajstić information content (AvgIpc) is 3.02. The molecule has 0 aliphatic carbocycles. The van der Waals surface area contributed by atoms with Crippen molar-refractivity contribution in [3.8, 4) is 0 Å². The average molecular weight is 583 g/mol. The van der Waals surface area contributed by atoms with E-state index in [0.29, 0.717) is 21.2 Å². The molecule has 4 rings (SSSR count). The molecule has 4 aromatic rings. The molecule has 8 heteroatoms. The number of hydrogen-bond acceptors (Lipinski definition) is 4. The molecule has 4 N–H and O–H groups in total. The van der Waals surface area contributed by atoms with Crippen LogP contribution in [0.1, 0.15) is 33.6 Å². The molecule has 0 fully saturated rings. The highest BCUT2D eigenvalue weighted by atomic mass is 31.2. The predicted molar refractivity (Wildman–Crippen MR) is 166 cm³/mol. The summed E-state index contributed by atoms with van der Waals surface area (Å²) in [7, 11) is -6.79. The van der Waals surface area contributed by atoms with Gasteiger partial charge < -0.3 is 20.0 Å². The Morgan fingerprint density at radius 2 is 0.700 bits per heavy atom. The second kappa shape index (κ2) is 16.4. The normalized spacial score (nSPS) is 13.5. The van der Waals surface area contributed by atoms with Crippen molar-refractivity contribution in [3.05, 3.63) is 121 Å². The van der Waals surface area contributed by atoms with Crippen LogP contribution in [-0.4, -0.2) is 32.2 Å². The molecule has 6 nitrogen and oxygen atoms in total. The maximum absolute atomic E-state index is 12.2. The molecular formula is C32H40O6P2. The van der Waals surface area contributed by atoms with E-state index in [2.05, 4.69) is 0 Å². The van der Waals surface area contributed by atoms with Crippen molar-refractivity contribution in [2.45, 2.75) is 45.8 Å². The maximum Gasteiger partial charge on any atom is 0.258 e. The third-order valence-corrected chi connectivity index (χ3v) is 10.5. The van der Waals surface area contributed by atoms with Gasteiger partial charge in [-0.3, -0.25) is 9.13 Å². The van der Waals surface area contributed by atoms with Gasteiger partial charge in [0.25, 0.3) is 14.7 Å². The van der Waals surface area contributed by atoms with Crippen LogP contribution in [0.3, 0.4) is 0 Å². The van der Waals surface area contributed by atoms with Gasteiger partial charge >= 0.3 is 0 Å². The van der Waals surface area contributed by atoms with Crippen molar-refractivity contribution in [3.63, 3.8) is 0 Å². The van der Waals surface area contributed by atoms with Gasteiger partial charge in [-0.2, -0.15) is 0 Å². The lowest BCUT2D eigenvalue weighted by atomic mass is 9.95. The van der Waals surface area contributed by atoms with Gasteiger partial charge in [0.05, 0.1) is 12.2 Å². The van der Waals surface area contributed by atoms with Crippen LogP contribution in [0.4, 0.5) is 0 Å². The van der Waals surface area contributed by atoms with Gasteiger partial charge in [-0.25, -0.2) is 0 Å². The summed E-state index contributed by atoms with van der Waals surface area (Å²) >= 11 is 0. The van der Waals surface area contributed by atoms with Crippen LogP contribution >= 0.6 is 14.7 Å². The molecule has 0 aromatic heterocycles. The quantitative estimate of drug-likeness (QED) is 0.218. The molecule has 0 saturated carbocycles. The first-order valence-electron chi connectivity index (χ1n) is 13.3. The van der Waals surface area contributed by atoms with Crippen molar-refractivity contribution in [2.75, 3.05) is 0 Å². The summed E-state index contributed by atoms with van der Waals surface area (Å²) in [6, 6.07) is 34.8. The largest absolute Gasteiger partial charge is 0.393 e. The molecule has 40 heavy (non-hydrogen) atoms. The Bertz CT molecular complexity index is 1140. The Morgan fingerprint density at radius 1 is 0.500 bits per heavy atom. The van der Waals surface area contributed by atoms with Crippen LogP contribution in [0.5, 0.6) is 0 Å². The van der Waals surface area contributed by atoms with E-state index in [9.17, 15) is 29.1 Å². The zero-order valence-electron chi connectivity index (χ0n) is 23.2. The Labute approximate surface area is 237 Å². The predicted octanol–water partition coefficient (Wildman–Crippen LogP) is 4.98. The number of benzene rings is 4. The van der Waals surface area contributed by atoms with E-state index in [1.54, 1.807) is 97.1 Å². The minimum absolute atomic E-state index is 0.00926. The Kier molecular flexibility index (Phi) is 13.7. The smallest absolute Gasteiger partial charge is 0.258 e. The first-order valence-corrected chi connectivity index (χ1v) is 16.6. The van der Waals surface area contributed by atoms with Gasteiger partial charge in [-0.15, -0.1) is 0 Å². The lowest BCUT2D eigenvalue weighted by Gasteiger charge is -2.21. The fourth-order valence-corrected chi connectivity index (χ4v) is 6.72. The van der Waals surface area contributed by atoms with Crippen LogP contribution in [0.25, 0.3) is 0 Å². The SMILES string of the molecule is CCC(O)C(C)C(O)CC.O=P(O)(c1ccccc1)c1ccccc1.O=P(O)(c1ccccc1)c1ccccc1. The topological polar surface area (TPSA) is 115 Å². The molecule has 0 aliphatic heterocycles. The second-order valence-electron chi connectivity index (χ2n) is 9.30. The van der Waals surface area contributed by atoms with Crippen molar-refractivity contribution in [2.24, 2.45) is 5.92 Å². The highest BCUT2D eigenvalue weighted by molar-refractivity contribution is 7.73. The van der Waals surface area contributed by atoms with Crippen LogP contribution in [-0.2, 0) is 9.13 Å². The van der Waals surface area contributed by atoms with Gasteiger partial charge in [0.1, 0.15) is 0 Å². The van der Waals surface area contributed by atoms with Crippen LogP contribution < -0.4 is 21.2 Å². The van der Waals surface area contributed by atoms with Crippen molar-refractivity contribution in [1.82, 2.24) is 0 Å². The third kappa shape index (κ3) is 9.67. The molecule has 0 aliphatic rings. The second-order valence-corrected chi connectivity index (χ2v) is 13.7. The molecule has 4 aromatic carbocycles. The molecule has 2 atom stereocenters. The van der Waals surface area contributed by atoms with Crippen LogP contribution in [0.2, 0.25) is 0 Å². The fourth-order valence-electron chi connectivity index (χ4n) is 3.82. The van der Waals surface area contributed by atoms with Crippen LogP contribution in [0, 0.1) is 5.92 Å². The van der Waals surface area contributed by atoms with E-state index in [0.717, 1.165) is 12.8 Å². The van der Waals surface area contributed by atoms with Gasteiger partial charge in [0.2, 0.25) is 0 Å². The first-order chi connectivity index (χ1) is 19.1. The Morgan fingerprint density at radius 3 is 0.875 bits per heavy atom. The summed E-state index contributed by atoms with van der Waals surface area (Å²) in [6.45, 7) is 5.72. The highest BCUT2D eigenvalue weighted by Crippen LogP contribution is 2.38. The summed E-state index contributed by atoms with van der Waals surface area (Å²) in [5.74, 6) is 0.00926. The summed E-state index contributed by atoms with van der Waals surface area (Å²) in [6.07, 6.45) is 0.737. The minimum Gasteiger partial charge on any atom is -0.393 e. The van der Waals surface area contributed by atoms with Crippen molar-refractivity contribution >= 4 is 36.0 Å². The Hall–Kier alpha value is -2.82. The molecule has 0 heterocycles. The minimum atomic E-state index is -3.40. The maximum atomic E-state index is 12.2. The summed E-state index contributed by atoms with van der Waals surface area (Å²) in [5.41, 5.74) is 0. The molecule has 2 unspecified atom stereocenters. The molecule has 0 bridgehead atoms. The lowest BCUT2D eigenvalue weighted by Crippen LogP contribution is -2.28. The highest BCUT2D eigenvalue weighted by Gasteiger charge is 2.24. The van der Waals surface area contributed by atoms with Gasteiger partial charge in [0, 0.05) is 27.1 Å². The first kappa shape index (κ1) is 33.4. The summed E-state index contributed by atoms with van der Waals surface area (Å²) in [4.78, 5) is 20.0. The molecule has 0 radical (unpaired) electrons. The van der Waals surface area contributed by atoms with Crippen molar-refractivity contribution < 1.29 is 29.1 Å². The zero-order valence-corrected chi connectivity index (χ0v) is 25.0. The van der Waals surface area contributed by atoms with E-state index in [1.165, 1.54) is 0 Å². The lowest BCUT2D eigenvalue weighted by molar-refractivity contribution is 0.0186. The van der Waals surface area contributed by atoms with Gasteiger partial charge in [-0.1, -0.05) is 93.6 Å². The number of aliphatic hydroxyl groups excluding tert-OH is 2. The fraction of sp³-hybridized carbons (Fsp3) is 0.250. The standard InChI is InChI=1S/2C12H11O2P.C8H18O2/c2*13-15(14,11-7-3-1-4-8-11)12-9-5-2-6-10-12;1-4-7(9)6(3)8(10)5-2/h2*1-10H,(H,13,14);6-10H,4-5H2,1-3H3. The Balaban J connectivity index is 0.000000216. The molecule has 214 valence electrons. The van der Waals surface area contributed by atoms with E-state index in [-0.39, 0.29) is 18.1 Å². The number of rotatable bonds is 8. The number of hydrogen-bond donors (Lipinski definition) is 4. The van der Waals surface area contributed by atoms with Crippen molar-refractivity contribution in [1.29, 1.82) is 0 Å². The summed E-state index contributed by atoms with van der Waals surface area (Å²) < 4.78 is 24.3. The van der Waals surface area contributed by atoms with E-state index < -0.39 is 14.7 Å². The molecular weight excluding hydrogens is 542 g/mol. The van der Waals surface area contributed by atoms with Crippen LogP contribution in [0.15, 0.2) is 121 Å².